The smallest absolute Gasteiger partial charge is 0.272 e. The van der Waals surface area contributed by atoms with Crippen LogP contribution in [0.1, 0.15) is 35.3 Å². The molecule has 1 fully saturated rings. The van der Waals surface area contributed by atoms with Gasteiger partial charge in [-0.05, 0) is 31.4 Å². The van der Waals surface area contributed by atoms with E-state index in [-0.39, 0.29) is 11.7 Å². The van der Waals surface area contributed by atoms with Crippen molar-refractivity contribution in [2.45, 2.75) is 19.3 Å². The molecule has 1 amide bonds. The third-order valence-electron chi connectivity index (χ3n) is 3.03. The molecule has 1 aliphatic heterocycles. The van der Waals surface area contributed by atoms with Crippen LogP contribution in [-0.4, -0.2) is 39.9 Å². The minimum absolute atomic E-state index is 0.0144. The minimum atomic E-state index is -0.0549. The number of likely N-dealkylation sites (tertiary alicyclic amines) is 1. The van der Waals surface area contributed by atoms with E-state index in [0.29, 0.717) is 11.3 Å². The number of oxime groups is 1. The Morgan fingerprint density at radius 2 is 2.06 bits per heavy atom. The Bertz CT molecular complexity index is 450. The summed E-state index contributed by atoms with van der Waals surface area (Å²) >= 11 is 0. The second-order valence-electron chi connectivity index (χ2n) is 4.27. The average Bonchev–Trinajstić information content (AvgIpc) is 2.47. The van der Waals surface area contributed by atoms with E-state index in [2.05, 4.69) is 10.1 Å². The van der Waals surface area contributed by atoms with Gasteiger partial charge in [-0.2, -0.15) is 0 Å². The number of hydrogen-bond acceptors (Lipinski definition) is 4. The van der Waals surface area contributed by atoms with Gasteiger partial charge in [0.1, 0.15) is 5.69 Å². The standard InChI is InChI=1S/C12H16N4O2/c13-11(15-18)9-4-5-10(14-8-9)12(17)16-6-2-1-3-7-16/h4-5,8,18H,1-3,6-7H2,(H2,13,15). The Kier molecular flexibility index (Phi) is 3.76. The molecule has 2 heterocycles. The van der Waals surface area contributed by atoms with Crippen LogP contribution < -0.4 is 5.73 Å². The lowest BCUT2D eigenvalue weighted by Gasteiger charge is -2.26. The largest absolute Gasteiger partial charge is 0.409 e. The SMILES string of the molecule is NC(=NO)c1ccc(C(=O)N2CCCCC2)nc1. The first-order chi connectivity index (χ1) is 8.72. The average molecular weight is 248 g/mol. The third kappa shape index (κ3) is 2.58. The topological polar surface area (TPSA) is 91.8 Å². The summed E-state index contributed by atoms with van der Waals surface area (Å²) in [5.41, 5.74) is 6.32. The Labute approximate surface area is 105 Å². The fourth-order valence-electron chi connectivity index (χ4n) is 1.99. The van der Waals surface area contributed by atoms with Gasteiger partial charge in [0.25, 0.3) is 5.91 Å². The summed E-state index contributed by atoms with van der Waals surface area (Å²) in [6.07, 6.45) is 4.72. The van der Waals surface area contributed by atoms with Gasteiger partial charge in [0.15, 0.2) is 5.84 Å². The van der Waals surface area contributed by atoms with Crippen molar-refractivity contribution in [1.29, 1.82) is 0 Å². The lowest BCUT2D eigenvalue weighted by atomic mass is 10.1. The number of amidine groups is 1. The number of carbonyl (C=O) groups excluding carboxylic acids is 1. The number of rotatable bonds is 2. The maximum absolute atomic E-state index is 12.1. The lowest BCUT2D eigenvalue weighted by Crippen LogP contribution is -2.36. The Hall–Kier alpha value is -2.11. The normalized spacial score (nSPS) is 16.7. The predicted molar refractivity (Wildman–Crippen MR) is 66.5 cm³/mol. The van der Waals surface area contributed by atoms with Gasteiger partial charge < -0.3 is 15.8 Å². The van der Waals surface area contributed by atoms with Crippen LogP contribution in [0.4, 0.5) is 0 Å². The first kappa shape index (κ1) is 12.3. The van der Waals surface area contributed by atoms with Gasteiger partial charge in [-0.3, -0.25) is 9.78 Å². The molecule has 6 nitrogen and oxygen atoms in total. The summed E-state index contributed by atoms with van der Waals surface area (Å²) in [7, 11) is 0. The number of nitrogens with two attached hydrogens (primary N) is 1. The molecule has 0 aliphatic carbocycles. The predicted octanol–water partition coefficient (Wildman–Crippen LogP) is 0.802. The minimum Gasteiger partial charge on any atom is -0.409 e. The van der Waals surface area contributed by atoms with Crippen molar-refractivity contribution in [2.24, 2.45) is 10.9 Å². The van der Waals surface area contributed by atoms with Crippen molar-refractivity contribution >= 4 is 11.7 Å². The van der Waals surface area contributed by atoms with Gasteiger partial charge in [-0.1, -0.05) is 5.16 Å². The summed E-state index contributed by atoms with van der Waals surface area (Å²) in [5.74, 6) is -0.0692. The summed E-state index contributed by atoms with van der Waals surface area (Å²) in [6.45, 7) is 1.59. The van der Waals surface area contributed by atoms with Gasteiger partial charge in [0.05, 0.1) is 0 Å². The van der Waals surface area contributed by atoms with Crippen molar-refractivity contribution in [3.05, 3.63) is 29.6 Å². The first-order valence-electron chi connectivity index (χ1n) is 5.95. The van der Waals surface area contributed by atoms with E-state index in [4.69, 9.17) is 10.9 Å². The van der Waals surface area contributed by atoms with Crippen molar-refractivity contribution in [3.63, 3.8) is 0 Å². The molecule has 18 heavy (non-hydrogen) atoms. The summed E-state index contributed by atoms with van der Waals surface area (Å²) in [5, 5.41) is 11.4. The molecule has 1 aliphatic rings. The highest BCUT2D eigenvalue weighted by Gasteiger charge is 2.19. The number of carbonyl (C=O) groups is 1. The van der Waals surface area contributed by atoms with Crippen LogP contribution in [0.15, 0.2) is 23.5 Å². The monoisotopic (exact) mass is 248 g/mol. The van der Waals surface area contributed by atoms with E-state index in [1.165, 1.54) is 12.6 Å². The maximum atomic E-state index is 12.1. The lowest BCUT2D eigenvalue weighted by molar-refractivity contribution is 0.0718. The van der Waals surface area contributed by atoms with E-state index in [9.17, 15) is 4.79 Å². The molecule has 3 N–H and O–H groups in total. The molecule has 0 spiro atoms. The second-order valence-corrected chi connectivity index (χ2v) is 4.27. The highest BCUT2D eigenvalue weighted by molar-refractivity contribution is 5.98. The summed E-state index contributed by atoms with van der Waals surface area (Å²) in [6, 6.07) is 3.23. The van der Waals surface area contributed by atoms with Crippen molar-refractivity contribution < 1.29 is 10.0 Å². The molecule has 0 atom stereocenters. The molecule has 6 heteroatoms. The Balaban J connectivity index is 2.11. The summed E-state index contributed by atoms with van der Waals surface area (Å²) in [4.78, 5) is 18.0. The highest BCUT2D eigenvalue weighted by Crippen LogP contribution is 2.12. The van der Waals surface area contributed by atoms with E-state index in [0.717, 1.165) is 25.9 Å². The van der Waals surface area contributed by atoms with Crippen LogP contribution in [0.5, 0.6) is 0 Å². The number of hydrogen-bond donors (Lipinski definition) is 2. The van der Waals surface area contributed by atoms with Gasteiger partial charge in [0.2, 0.25) is 0 Å². The molecule has 2 rings (SSSR count). The summed E-state index contributed by atoms with van der Waals surface area (Å²) < 4.78 is 0. The number of pyridine rings is 1. The van der Waals surface area contributed by atoms with Crippen molar-refractivity contribution in [3.8, 4) is 0 Å². The molecule has 0 unspecified atom stereocenters. The quantitative estimate of drug-likeness (QED) is 0.350. The molecule has 0 aromatic carbocycles. The molecule has 1 saturated heterocycles. The van der Waals surface area contributed by atoms with Gasteiger partial charge in [0, 0.05) is 24.8 Å². The second kappa shape index (κ2) is 5.48. The van der Waals surface area contributed by atoms with Crippen LogP contribution in [0, 0.1) is 0 Å². The fourth-order valence-corrected chi connectivity index (χ4v) is 1.99. The van der Waals surface area contributed by atoms with Crippen molar-refractivity contribution in [2.75, 3.05) is 13.1 Å². The molecule has 0 radical (unpaired) electrons. The zero-order valence-electron chi connectivity index (χ0n) is 10.0. The zero-order valence-corrected chi connectivity index (χ0v) is 10.0. The number of nitrogens with zero attached hydrogens (tertiary/aromatic N) is 3. The van der Waals surface area contributed by atoms with Crippen LogP contribution in [0.25, 0.3) is 0 Å². The van der Waals surface area contributed by atoms with E-state index < -0.39 is 0 Å². The van der Waals surface area contributed by atoms with Gasteiger partial charge in [-0.15, -0.1) is 0 Å². The number of piperidine rings is 1. The Morgan fingerprint density at radius 3 is 2.61 bits per heavy atom. The third-order valence-corrected chi connectivity index (χ3v) is 3.03. The van der Waals surface area contributed by atoms with Gasteiger partial charge >= 0.3 is 0 Å². The van der Waals surface area contributed by atoms with Crippen molar-refractivity contribution in [1.82, 2.24) is 9.88 Å². The Morgan fingerprint density at radius 1 is 1.33 bits per heavy atom. The highest BCUT2D eigenvalue weighted by atomic mass is 16.4. The molecule has 1 aromatic rings. The fraction of sp³-hybridized carbons (Fsp3) is 0.417. The zero-order chi connectivity index (χ0) is 13.0. The molecule has 1 aromatic heterocycles. The van der Waals surface area contributed by atoms with Crippen LogP contribution in [0.3, 0.4) is 0 Å². The molecular weight excluding hydrogens is 232 g/mol. The van der Waals surface area contributed by atoms with Gasteiger partial charge in [-0.25, -0.2) is 0 Å². The molecule has 0 saturated carbocycles. The van der Waals surface area contributed by atoms with E-state index >= 15 is 0 Å². The van der Waals surface area contributed by atoms with E-state index in [1.807, 2.05) is 4.90 Å². The van der Waals surface area contributed by atoms with Crippen LogP contribution >= 0.6 is 0 Å². The molecule has 0 bridgehead atoms. The van der Waals surface area contributed by atoms with Crippen LogP contribution in [0.2, 0.25) is 0 Å². The number of aromatic nitrogens is 1. The number of amides is 1. The van der Waals surface area contributed by atoms with E-state index in [1.54, 1.807) is 12.1 Å². The molecule has 96 valence electrons. The molecular formula is C12H16N4O2. The first-order valence-corrected chi connectivity index (χ1v) is 5.95. The maximum Gasteiger partial charge on any atom is 0.272 e. The van der Waals surface area contributed by atoms with Crippen LogP contribution in [-0.2, 0) is 0 Å².